The minimum atomic E-state index is -0.487. The standard InChI is InChI=1S/C15H17ClO2/c16-12-5-6-14-11(8-12)9-15(18-14)13(17)7-10-3-1-2-4-10/h5-6,8-10,13,17H,1-4,7H2. The van der Waals surface area contributed by atoms with Crippen LogP contribution in [-0.4, -0.2) is 5.11 Å². The lowest BCUT2D eigenvalue weighted by atomic mass is 9.99. The van der Waals surface area contributed by atoms with E-state index in [-0.39, 0.29) is 0 Å². The van der Waals surface area contributed by atoms with Crippen molar-refractivity contribution in [2.75, 3.05) is 0 Å². The monoisotopic (exact) mass is 264 g/mol. The summed E-state index contributed by atoms with van der Waals surface area (Å²) in [7, 11) is 0. The van der Waals surface area contributed by atoms with Gasteiger partial charge in [-0.3, -0.25) is 0 Å². The van der Waals surface area contributed by atoms with Gasteiger partial charge in [0.2, 0.25) is 0 Å². The molecule has 0 amide bonds. The summed E-state index contributed by atoms with van der Waals surface area (Å²) in [5, 5.41) is 11.9. The predicted octanol–water partition coefficient (Wildman–Crippen LogP) is 4.70. The molecule has 1 atom stereocenters. The van der Waals surface area contributed by atoms with Crippen molar-refractivity contribution >= 4 is 22.6 Å². The normalized spacial score (nSPS) is 18.6. The highest BCUT2D eigenvalue weighted by molar-refractivity contribution is 6.31. The van der Waals surface area contributed by atoms with Gasteiger partial charge < -0.3 is 9.52 Å². The molecule has 0 aliphatic heterocycles. The van der Waals surface area contributed by atoms with Crippen LogP contribution in [0.5, 0.6) is 0 Å². The Morgan fingerprint density at radius 2 is 2.06 bits per heavy atom. The highest BCUT2D eigenvalue weighted by Crippen LogP contribution is 2.35. The lowest BCUT2D eigenvalue weighted by molar-refractivity contribution is 0.122. The molecule has 1 N–H and O–H groups in total. The molecule has 3 rings (SSSR count). The van der Waals surface area contributed by atoms with Crippen LogP contribution in [-0.2, 0) is 0 Å². The highest BCUT2D eigenvalue weighted by Gasteiger charge is 2.22. The zero-order valence-corrected chi connectivity index (χ0v) is 11.0. The average Bonchev–Trinajstić information content (AvgIpc) is 2.96. The second-order valence-corrected chi connectivity index (χ2v) is 5.67. The number of fused-ring (bicyclic) bond motifs is 1. The molecule has 1 aliphatic rings. The molecule has 0 radical (unpaired) electrons. The zero-order chi connectivity index (χ0) is 12.5. The number of halogens is 1. The van der Waals surface area contributed by atoms with Gasteiger partial charge >= 0.3 is 0 Å². The van der Waals surface area contributed by atoms with E-state index in [2.05, 4.69) is 0 Å². The number of benzene rings is 1. The molecule has 1 aromatic carbocycles. The molecule has 0 saturated heterocycles. The fourth-order valence-electron chi connectivity index (χ4n) is 2.88. The molecule has 2 aromatic rings. The van der Waals surface area contributed by atoms with Crippen LogP contribution < -0.4 is 0 Å². The largest absolute Gasteiger partial charge is 0.458 e. The van der Waals surface area contributed by atoms with Crippen molar-refractivity contribution in [3.8, 4) is 0 Å². The molecule has 1 fully saturated rings. The first kappa shape index (κ1) is 12.1. The number of hydrogen-bond acceptors (Lipinski definition) is 2. The van der Waals surface area contributed by atoms with E-state index in [4.69, 9.17) is 16.0 Å². The van der Waals surface area contributed by atoms with Gasteiger partial charge in [0.05, 0.1) is 0 Å². The average molecular weight is 265 g/mol. The SMILES string of the molecule is OC(CC1CCCC1)c1cc2cc(Cl)ccc2o1. The molecule has 1 heterocycles. The molecule has 18 heavy (non-hydrogen) atoms. The maximum absolute atomic E-state index is 10.2. The van der Waals surface area contributed by atoms with Crippen molar-refractivity contribution in [2.24, 2.45) is 5.92 Å². The van der Waals surface area contributed by atoms with Crippen LogP contribution >= 0.6 is 11.6 Å². The van der Waals surface area contributed by atoms with E-state index in [9.17, 15) is 5.11 Å². The quantitative estimate of drug-likeness (QED) is 0.872. The molecule has 2 nitrogen and oxygen atoms in total. The summed E-state index contributed by atoms with van der Waals surface area (Å²) in [5.41, 5.74) is 0.792. The van der Waals surface area contributed by atoms with E-state index in [0.717, 1.165) is 17.4 Å². The van der Waals surface area contributed by atoms with Crippen LogP contribution in [0.3, 0.4) is 0 Å². The van der Waals surface area contributed by atoms with Crippen LogP contribution in [0, 0.1) is 5.92 Å². The van der Waals surface area contributed by atoms with Crippen molar-refractivity contribution in [1.29, 1.82) is 0 Å². The van der Waals surface area contributed by atoms with Crippen molar-refractivity contribution in [2.45, 2.75) is 38.2 Å². The van der Waals surface area contributed by atoms with Gasteiger partial charge in [0, 0.05) is 10.4 Å². The first-order valence-electron chi connectivity index (χ1n) is 6.59. The van der Waals surface area contributed by atoms with E-state index in [1.807, 2.05) is 18.2 Å². The first-order valence-corrected chi connectivity index (χ1v) is 6.97. The molecule has 0 spiro atoms. The molecule has 1 unspecified atom stereocenters. The van der Waals surface area contributed by atoms with Gasteiger partial charge in [-0.25, -0.2) is 0 Å². The van der Waals surface area contributed by atoms with E-state index in [1.165, 1.54) is 25.7 Å². The smallest absolute Gasteiger partial charge is 0.134 e. The lowest BCUT2D eigenvalue weighted by Crippen LogP contribution is -2.03. The fourth-order valence-corrected chi connectivity index (χ4v) is 3.06. The molecule has 0 bridgehead atoms. The van der Waals surface area contributed by atoms with Crippen molar-refractivity contribution in [3.05, 3.63) is 35.0 Å². The fraction of sp³-hybridized carbons (Fsp3) is 0.467. The number of aliphatic hydroxyl groups is 1. The molecule has 1 saturated carbocycles. The first-order chi connectivity index (χ1) is 8.72. The van der Waals surface area contributed by atoms with Gasteiger partial charge in [0.1, 0.15) is 17.4 Å². The van der Waals surface area contributed by atoms with E-state index in [1.54, 1.807) is 6.07 Å². The minimum Gasteiger partial charge on any atom is -0.458 e. The van der Waals surface area contributed by atoms with Gasteiger partial charge in [-0.05, 0) is 36.6 Å². The van der Waals surface area contributed by atoms with Crippen LogP contribution in [0.25, 0.3) is 11.0 Å². The summed E-state index contributed by atoms with van der Waals surface area (Å²) < 4.78 is 5.69. The molecule has 1 aromatic heterocycles. The Morgan fingerprint density at radius 3 is 2.83 bits per heavy atom. The van der Waals surface area contributed by atoms with E-state index >= 15 is 0 Å². The van der Waals surface area contributed by atoms with E-state index in [0.29, 0.717) is 16.7 Å². The summed E-state index contributed by atoms with van der Waals surface area (Å²) in [6, 6.07) is 7.43. The van der Waals surface area contributed by atoms with Gasteiger partial charge in [-0.1, -0.05) is 37.3 Å². The number of hydrogen-bond donors (Lipinski definition) is 1. The Balaban J connectivity index is 1.80. The lowest BCUT2D eigenvalue weighted by Gasteiger charge is -2.12. The summed E-state index contributed by atoms with van der Waals surface area (Å²) >= 11 is 5.94. The van der Waals surface area contributed by atoms with Gasteiger partial charge in [-0.15, -0.1) is 0 Å². The van der Waals surface area contributed by atoms with Crippen LogP contribution in [0.15, 0.2) is 28.7 Å². The molecule has 1 aliphatic carbocycles. The van der Waals surface area contributed by atoms with E-state index < -0.39 is 6.10 Å². The number of aliphatic hydroxyl groups excluding tert-OH is 1. The van der Waals surface area contributed by atoms with Crippen LogP contribution in [0.4, 0.5) is 0 Å². The van der Waals surface area contributed by atoms with Crippen molar-refractivity contribution in [3.63, 3.8) is 0 Å². The minimum absolute atomic E-state index is 0.487. The Morgan fingerprint density at radius 1 is 1.28 bits per heavy atom. The van der Waals surface area contributed by atoms with Crippen molar-refractivity contribution < 1.29 is 9.52 Å². The van der Waals surface area contributed by atoms with Gasteiger partial charge in [0.25, 0.3) is 0 Å². The second-order valence-electron chi connectivity index (χ2n) is 5.23. The Hall–Kier alpha value is -0.990. The number of furan rings is 1. The Kier molecular flexibility index (Phi) is 3.31. The molecule has 96 valence electrons. The van der Waals surface area contributed by atoms with Crippen LogP contribution in [0.2, 0.25) is 5.02 Å². The molecule has 3 heteroatoms. The third-order valence-electron chi connectivity index (χ3n) is 3.86. The van der Waals surface area contributed by atoms with Crippen molar-refractivity contribution in [1.82, 2.24) is 0 Å². The molecular weight excluding hydrogens is 248 g/mol. The third-order valence-corrected chi connectivity index (χ3v) is 4.09. The highest BCUT2D eigenvalue weighted by atomic mass is 35.5. The van der Waals surface area contributed by atoms with Crippen LogP contribution in [0.1, 0.15) is 44.0 Å². The Labute approximate surface area is 112 Å². The summed E-state index contributed by atoms with van der Waals surface area (Å²) in [5.74, 6) is 1.32. The summed E-state index contributed by atoms with van der Waals surface area (Å²) in [4.78, 5) is 0. The number of rotatable bonds is 3. The molecular formula is C15H17ClO2. The topological polar surface area (TPSA) is 33.4 Å². The Bertz CT molecular complexity index is 540. The predicted molar refractivity (Wildman–Crippen MR) is 72.8 cm³/mol. The maximum Gasteiger partial charge on any atom is 0.134 e. The third kappa shape index (κ3) is 2.40. The summed E-state index contributed by atoms with van der Waals surface area (Å²) in [6.07, 6.45) is 5.40. The summed E-state index contributed by atoms with van der Waals surface area (Å²) in [6.45, 7) is 0. The second kappa shape index (κ2) is 4.94. The van der Waals surface area contributed by atoms with Gasteiger partial charge in [0.15, 0.2) is 0 Å². The zero-order valence-electron chi connectivity index (χ0n) is 10.2. The maximum atomic E-state index is 10.2. The van der Waals surface area contributed by atoms with Gasteiger partial charge in [-0.2, -0.15) is 0 Å².